The molecule has 0 unspecified atom stereocenters. The standard InChI is InChI=1S/C14H11Cl2NO2.C4H3FN2O2/c15-10-5-3-6-11(16)14(10)17-12-7-2-1-4-9(12)8-13(18)19;5-2-1-6-4(9)7-3(2)8/h1-7,17H,8H2,(H,18,19);1H,(H2,6,7,8,9). The summed E-state index contributed by atoms with van der Waals surface area (Å²) < 4.78 is 12.0. The lowest BCUT2D eigenvalue weighted by atomic mass is 10.1. The third-order valence-electron chi connectivity index (χ3n) is 3.36. The average Bonchev–Trinajstić information content (AvgIpc) is 2.63. The van der Waals surface area contributed by atoms with Crippen LogP contribution in [0.5, 0.6) is 0 Å². The van der Waals surface area contributed by atoms with Gasteiger partial charge in [-0.25, -0.2) is 4.79 Å². The number of aliphatic carboxylic acids is 1. The lowest BCUT2D eigenvalue weighted by molar-refractivity contribution is -0.136. The Hall–Kier alpha value is -3.10. The lowest BCUT2D eigenvalue weighted by Crippen LogP contribution is -2.23. The number of halogens is 3. The average molecular weight is 426 g/mol. The Labute approximate surface area is 167 Å². The zero-order valence-corrected chi connectivity index (χ0v) is 15.6. The van der Waals surface area contributed by atoms with Gasteiger partial charge in [-0.05, 0) is 23.8 Å². The van der Waals surface area contributed by atoms with E-state index in [-0.39, 0.29) is 6.42 Å². The van der Waals surface area contributed by atoms with E-state index in [1.165, 1.54) is 0 Å². The van der Waals surface area contributed by atoms with Gasteiger partial charge in [0.2, 0.25) is 5.82 Å². The molecule has 0 spiro atoms. The fourth-order valence-electron chi connectivity index (χ4n) is 2.10. The van der Waals surface area contributed by atoms with E-state index in [1.807, 2.05) is 11.1 Å². The number of carboxylic acids is 1. The molecule has 3 rings (SSSR count). The highest BCUT2D eigenvalue weighted by Gasteiger charge is 2.10. The number of H-pyrrole nitrogens is 2. The third kappa shape index (κ3) is 5.97. The van der Waals surface area contributed by atoms with E-state index < -0.39 is 23.0 Å². The molecule has 0 aliphatic carbocycles. The van der Waals surface area contributed by atoms with Gasteiger partial charge in [-0.3, -0.25) is 14.6 Å². The fourth-order valence-corrected chi connectivity index (χ4v) is 2.60. The first-order valence-corrected chi connectivity index (χ1v) is 8.51. The number of nitrogens with one attached hydrogen (secondary N) is 3. The van der Waals surface area contributed by atoms with E-state index in [0.717, 1.165) is 0 Å². The maximum absolute atomic E-state index is 12.0. The monoisotopic (exact) mass is 425 g/mol. The van der Waals surface area contributed by atoms with Crippen LogP contribution < -0.4 is 16.6 Å². The molecule has 3 aromatic rings. The Morgan fingerprint density at radius 1 is 1.07 bits per heavy atom. The smallest absolute Gasteiger partial charge is 0.325 e. The summed E-state index contributed by atoms with van der Waals surface area (Å²) in [4.78, 5) is 34.8. The summed E-state index contributed by atoms with van der Waals surface area (Å²) in [6, 6.07) is 12.3. The van der Waals surface area contributed by atoms with Gasteiger partial charge in [0.15, 0.2) is 0 Å². The normalized spacial score (nSPS) is 9.96. The molecule has 10 heteroatoms. The van der Waals surface area contributed by atoms with Gasteiger partial charge >= 0.3 is 11.7 Å². The van der Waals surface area contributed by atoms with E-state index in [1.54, 1.807) is 41.4 Å². The van der Waals surface area contributed by atoms with Gasteiger partial charge < -0.3 is 15.4 Å². The molecule has 0 atom stereocenters. The predicted octanol–water partition coefficient (Wildman–Crippen LogP) is 3.57. The van der Waals surface area contributed by atoms with Crippen molar-refractivity contribution in [2.45, 2.75) is 6.42 Å². The van der Waals surface area contributed by atoms with Crippen molar-refractivity contribution < 1.29 is 14.3 Å². The van der Waals surface area contributed by atoms with Crippen LogP contribution in [-0.4, -0.2) is 21.0 Å². The first-order chi connectivity index (χ1) is 13.3. The highest BCUT2D eigenvalue weighted by atomic mass is 35.5. The van der Waals surface area contributed by atoms with Gasteiger partial charge in [-0.1, -0.05) is 47.5 Å². The van der Waals surface area contributed by atoms with Gasteiger partial charge in [0.25, 0.3) is 5.56 Å². The van der Waals surface area contributed by atoms with Crippen molar-refractivity contribution >= 4 is 40.5 Å². The van der Waals surface area contributed by atoms with Gasteiger partial charge in [0.1, 0.15) is 0 Å². The van der Waals surface area contributed by atoms with E-state index >= 15 is 0 Å². The summed E-state index contributed by atoms with van der Waals surface area (Å²) in [6.45, 7) is 0. The van der Waals surface area contributed by atoms with E-state index in [9.17, 15) is 18.8 Å². The highest BCUT2D eigenvalue weighted by Crippen LogP contribution is 2.33. The van der Waals surface area contributed by atoms with Crippen LogP contribution in [-0.2, 0) is 11.2 Å². The summed E-state index contributed by atoms with van der Waals surface area (Å²) >= 11 is 12.1. The number of para-hydroxylation sites is 2. The molecule has 0 radical (unpaired) electrons. The third-order valence-corrected chi connectivity index (χ3v) is 3.99. The number of aromatic nitrogens is 2. The molecule has 0 fully saturated rings. The second-order valence-electron chi connectivity index (χ2n) is 5.37. The molecule has 4 N–H and O–H groups in total. The van der Waals surface area contributed by atoms with Crippen LogP contribution in [0.2, 0.25) is 10.0 Å². The van der Waals surface area contributed by atoms with Crippen LogP contribution in [0.1, 0.15) is 5.56 Å². The Bertz CT molecular complexity index is 1080. The topological polar surface area (TPSA) is 115 Å². The minimum Gasteiger partial charge on any atom is -0.481 e. The molecule has 1 heterocycles. The molecule has 28 heavy (non-hydrogen) atoms. The van der Waals surface area contributed by atoms with Crippen molar-refractivity contribution in [1.82, 2.24) is 9.97 Å². The molecule has 0 aliphatic rings. The first-order valence-electron chi connectivity index (χ1n) is 7.76. The maximum Gasteiger partial charge on any atom is 0.325 e. The summed E-state index contributed by atoms with van der Waals surface area (Å²) in [7, 11) is 0. The van der Waals surface area contributed by atoms with Crippen molar-refractivity contribution in [3.63, 3.8) is 0 Å². The van der Waals surface area contributed by atoms with Crippen molar-refractivity contribution in [2.24, 2.45) is 0 Å². The fraction of sp³-hybridized carbons (Fsp3) is 0.0556. The summed E-state index contributed by atoms with van der Waals surface area (Å²) in [6.07, 6.45) is 0.645. The maximum atomic E-state index is 12.0. The minimum atomic E-state index is -1.00. The lowest BCUT2D eigenvalue weighted by Gasteiger charge is -2.13. The Balaban J connectivity index is 0.000000261. The van der Waals surface area contributed by atoms with Crippen molar-refractivity contribution in [3.8, 4) is 0 Å². The van der Waals surface area contributed by atoms with Gasteiger partial charge in [-0.2, -0.15) is 4.39 Å². The van der Waals surface area contributed by atoms with Crippen molar-refractivity contribution in [3.05, 3.63) is 90.9 Å². The second kappa shape index (κ2) is 9.72. The number of rotatable bonds is 4. The first kappa shape index (κ1) is 21.2. The Morgan fingerprint density at radius 3 is 2.29 bits per heavy atom. The van der Waals surface area contributed by atoms with Crippen LogP contribution in [0.25, 0.3) is 0 Å². The van der Waals surface area contributed by atoms with E-state index in [0.29, 0.717) is 33.2 Å². The molecule has 0 saturated heterocycles. The number of hydrogen-bond donors (Lipinski definition) is 4. The summed E-state index contributed by atoms with van der Waals surface area (Å²) in [5.74, 6) is -1.88. The largest absolute Gasteiger partial charge is 0.481 e. The van der Waals surface area contributed by atoms with Crippen LogP contribution in [0, 0.1) is 5.82 Å². The molecule has 146 valence electrons. The molecular formula is C18H14Cl2FN3O4. The molecule has 0 aliphatic heterocycles. The number of hydrogen-bond acceptors (Lipinski definition) is 4. The minimum absolute atomic E-state index is 0.0642. The zero-order valence-electron chi connectivity index (χ0n) is 14.1. The number of aromatic amines is 2. The zero-order chi connectivity index (χ0) is 20.7. The molecule has 1 aromatic heterocycles. The van der Waals surface area contributed by atoms with Gasteiger partial charge in [0.05, 0.1) is 22.2 Å². The molecule has 7 nitrogen and oxygen atoms in total. The summed E-state index contributed by atoms with van der Waals surface area (Å²) in [5, 5.41) is 12.9. The van der Waals surface area contributed by atoms with Crippen molar-refractivity contribution in [1.29, 1.82) is 0 Å². The number of benzene rings is 2. The van der Waals surface area contributed by atoms with Crippen molar-refractivity contribution in [2.75, 3.05) is 5.32 Å². The van der Waals surface area contributed by atoms with E-state index in [4.69, 9.17) is 28.3 Å². The van der Waals surface area contributed by atoms with Crippen LogP contribution >= 0.6 is 23.2 Å². The predicted molar refractivity (Wildman–Crippen MR) is 105 cm³/mol. The highest BCUT2D eigenvalue weighted by molar-refractivity contribution is 6.39. The van der Waals surface area contributed by atoms with Crippen LogP contribution in [0.4, 0.5) is 15.8 Å². The second-order valence-corrected chi connectivity index (χ2v) is 6.18. The Morgan fingerprint density at radius 2 is 1.71 bits per heavy atom. The van der Waals surface area contributed by atoms with Crippen LogP contribution in [0.3, 0.4) is 0 Å². The number of carboxylic acid groups (broad SMARTS) is 1. The molecule has 0 saturated carbocycles. The van der Waals surface area contributed by atoms with E-state index in [2.05, 4.69) is 5.32 Å². The SMILES string of the molecule is O=C(O)Cc1ccccc1Nc1c(Cl)cccc1Cl.O=c1[nH]cc(F)c(=O)[nH]1. The molecule has 0 amide bonds. The quantitative estimate of drug-likeness (QED) is 0.509. The number of anilines is 2. The number of carbonyl (C=O) groups is 1. The van der Waals surface area contributed by atoms with Gasteiger partial charge in [0, 0.05) is 11.9 Å². The molecular weight excluding hydrogens is 412 g/mol. The van der Waals surface area contributed by atoms with Crippen LogP contribution in [0.15, 0.2) is 58.3 Å². The Kier molecular flexibility index (Phi) is 7.36. The van der Waals surface area contributed by atoms with Gasteiger partial charge in [-0.15, -0.1) is 0 Å². The molecule has 2 aromatic carbocycles. The molecule has 0 bridgehead atoms. The summed E-state index contributed by atoms with van der Waals surface area (Å²) in [5.41, 5.74) is 0.217.